The van der Waals surface area contributed by atoms with Gasteiger partial charge >= 0.3 is 5.97 Å². The lowest BCUT2D eigenvalue weighted by Crippen LogP contribution is -2.07. The van der Waals surface area contributed by atoms with Gasteiger partial charge < -0.3 is 9.47 Å². The van der Waals surface area contributed by atoms with Crippen molar-refractivity contribution in [1.82, 2.24) is 4.98 Å². The second-order valence-electron chi connectivity index (χ2n) is 3.00. The molecule has 0 atom stereocenters. The van der Waals surface area contributed by atoms with Gasteiger partial charge in [0.1, 0.15) is 4.90 Å². The summed E-state index contributed by atoms with van der Waals surface area (Å²) >= 11 is 0. The van der Waals surface area contributed by atoms with E-state index >= 15 is 0 Å². The highest BCUT2D eigenvalue weighted by molar-refractivity contribution is 7.90. The van der Waals surface area contributed by atoms with E-state index in [1.807, 2.05) is 0 Å². The highest BCUT2D eigenvalue weighted by Gasteiger charge is 2.18. The van der Waals surface area contributed by atoms with Gasteiger partial charge in [-0.2, -0.15) is 0 Å². The highest BCUT2D eigenvalue weighted by atomic mass is 32.2. The van der Waals surface area contributed by atoms with E-state index < -0.39 is 15.8 Å². The summed E-state index contributed by atoms with van der Waals surface area (Å²) in [4.78, 5) is 14.8. The van der Waals surface area contributed by atoms with E-state index in [4.69, 9.17) is 4.74 Å². The Bertz CT molecular complexity index is 509. The van der Waals surface area contributed by atoms with Crippen LogP contribution in [-0.2, 0) is 14.6 Å². The van der Waals surface area contributed by atoms with Crippen LogP contribution >= 0.6 is 0 Å². The summed E-state index contributed by atoms with van der Waals surface area (Å²) in [5.74, 6) is -0.699. The van der Waals surface area contributed by atoms with E-state index in [1.165, 1.54) is 26.5 Å². The first kappa shape index (κ1) is 12.4. The molecular formula is C9H11NO5S. The standard InChI is InChI=1S/C9H11NO5S/c1-14-8-7(16(3,12)13)4-6(5-10-8)9(11)15-2/h4-5H,1-3H3. The Morgan fingerprint density at radius 3 is 2.44 bits per heavy atom. The number of esters is 1. The third-order valence-electron chi connectivity index (χ3n) is 1.83. The molecule has 1 rings (SSSR count). The Morgan fingerprint density at radius 2 is 2.00 bits per heavy atom. The van der Waals surface area contributed by atoms with Crippen LogP contribution in [0.4, 0.5) is 0 Å². The first-order chi connectivity index (χ1) is 7.40. The topological polar surface area (TPSA) is 82.6 Å². The van der Waals surface area contributed by atoms with E-state index in [9.17, 15) is 13.2 Å². The van der Waals surface area contributed by atoms with Crippen LogP contribution in [0.1, 0.15) is 10.4 Å². The molecule has 0 bridgehead atoms. The first-order valence-corrected chi connectivity index (χ1v) is 6.11. The molecule has 0 fully saturated rings. The molecule has 1 aromatic rings. The molecule has 0 saturated heterocycles. The second-order valence-corrected chi connectivity index (χ2v) is 4.98. The molecule has 0 aliphatic carbocycles. The quantitative estimate of drug-likeness (QED) is 0.711. The number of sulfone groups is 1. The lowest BCUT2D eigenvalue weighted by molar-refractivity contribution is 0.0600. The molecule has 0 unspecified atom stereocenters. The van der Waals surface area contributed by atoms with Crippen molar-refractivity contribution in [3.05, 3.63) is 17.8 Å². The van der Waals surface area contributed by atoms with E-state index in [2.05, 4.69) is 9.72 Å². The second kappa shape index (κ2) is 4.48. The molecule has 1 heterocycles. The lowest BCUT2D eigenvalue weighted by Gasteiger charge is -2.06. The van der Waals surface area contributed by atoms with Crippen molar-refractivity contribution in [2.45, 2.75) is 4.90 Å². The first-order valence-electron chi connectivity index (χ1n) is 4.22. The summed E-state index contributed by atoms with van der Waals surface area (Å²) in [6.07, 6.45) is 2.20. The van der Waals surface area contributed by atoms with Gasteiger partial charge in [-0.1, -0.05) is 0 Å². The van der Waals surface area contributed by atoms with Crippen molar-refractivity contribution >= 4 is 15.8 Å². The summed E-state index contributed by atoms with van der Waals surface area (Å²) in [5.41, 5.74) is 0.0590. The number of carbonyl (C=O) groups excluding carboxylic acids is 1. The number of methoxy groups -OCH3 is 2. The molecule has 16 heavy (non-hydrogen) atoms. The van der Waals surface area contributed by atoms with Crippen LogP contribution < -0.4 is 4.74 Å². The predicted octanol–water partition coefficient (Wildman–Crippen LogP) is 0.280. The molecule has 0 saturated carbocycles. The van der Waals surface area contributed by atoms with Crippen molar-refractivity contribution in [3.8, 4) is 5.88 Å². The molecule has 6 nitrogen and oxygen atoms in total. The largest absolute Gasteiger partial charge is 0.480 e. The number of aromatic nitrogens is 1. The fraction of sp³-hybridized carbons (Fsp3) is 0.333. The van der Waals surface area contributed by atoms with Gasteiger partial charge in [0.25, 0.3) is 0 Å². The maximum absolute atomic E-state index is 11.4. The Labute approximate surface area is 93.1 Å². The molecule has 88 valence electrons. The number of pyridine rings is 1. The molecule has 0 aromatic carbocycles. The Balaban J connectivity index is 3.39. The van der Waals surface area contributed by atoms with Gasteiger partial charge in [0.05, 0.1) is 19.8 Å². The van der Waals surface area contributed by atoms with Gasteiger partial charge in [0, 0.05) is 12.5 Å². The van der Waals surface area contributed by atoms with Crippen LogP contribution in [0.5, 0.6) is 5.88 Å². The third kappa shape index (κ3) is 2.48. The summed E-state index contributed by atoms with van der Waals surface area (Å²) in [5, 5.41) is 0. The van der Waals surface area contributed by atoms with Gasteiger partial charge in [-0.25, -0.2) is 18.2 Å². The van der Waals surface area contributed by atoms with Crippen LogP contribution in [-0.4, -0.2) is 39.8 Å². The molecule has 0 spiro atoms. The lowest BCUT2D eigenvalue weighted by atomic mass is 10.3. The maximum atomic E-state index is 11.4. The molecule has 0 aliphatic rings. The predicted molar refractivity (Wildman–Crippen MR) is 55.2 cm³/mol. The monoisotopic (exact) mass is 245 g/mol. The summed E-state index contributed by atoms with van der Waals surface area (Å²) in [6.45, 7) is 0. The molecule has 1 aromatic heterocycles. The van der Waals surface area contributed by atoms with Gasteiger partial charge in [-0.05, 0) is 6.07 Å². The van der Waals surface area contributed by atoms with Crippen molar-refractivity contribution in [1.29, 1.82) is 0 Å². The molecule has 0 N–H and O–H groups in total. The smallest absolute Gasteiger partial charge is 0.339 e. The summed E-state index contributed by atoms with van der Waals surface area (Å²) in [7, 11) is -1.00. The number of nitrogens with zero attached hydrogens (tertiary/aromatic N) is 1. The molecule has 7 heteroatoms. The van der Waals surface area contributed by atoms with Crippen LogP contribution in [0.2, 0.25) is 0 Å². The zero-order valence-electron chi connectivity index (χ0n) is 9.05. The highest BCUT2D eigenvalue weighted by Crippen LogP contribution is 2.21. The van der Waals surface area contributed by atoms with Crippen molar-refractivity contribution in [2.24, 2.45) is 0 Å². The van der Waals surface area contributed by atoms with E-state index in [0.717, 1.165) is 6.26 Å². The van der Waals surface area contributed by atoms with Crippen LogP contribution in [0, 0.1) is 0 Å². The van der Waals surface area contributed by atoms with Gasteiger partial charge in [0.2, 0.25) is 5.88 Å². The average molecular weight is 245 g/mol. The summed E-state index contributed by atoms with van der Waals surface area (Å²) < 4.78 is 32.1. The molecule has 0 radical (unpaired) electrons. The number of hydrogen-bond donors (Lipinski definition) is 0. The fourth-order valence-corrected chi connectivity index (χ4v) is 1.87. The van der Waals surface area contributed by atoms with Crippen molar-refractivity contribution < 1.29 is 22.7 Å². The Hall–Kier alpha value is -1.63. The SMILES string of the molecule is COC(=O)c1cnc(OC)c(S(C)(=O)=O)c1. The maximum Gasteiger partial charge on any atom is 0.339 e. The molecule has 0 amide bonds. The minimum atomic E-state index is -3.51. The summed E-state index contributed by atoms with van der Waals surface area (Å²) in [6, 6.07) is 1.17. The minimum absolute atomic E-state index is 0.0462. The van der Waals surface area contributed by atoms with E-state index in [-0.39, 0.29) is 16.3 Å². The normalized spacial score (nSPS) is 10.9. The Kier molecular flexibility index (Phi) is 3.48. The number of carbonyl (C=O) groups is 1. The van der Waals surface area contributed by atoms with Crippen molar-refractivity contribution in [2.75, 3.05) is 20.5 Å². The van der Waals surface area contributed by atoms with Gasteiger partial charge in [0.15, 0.2) is 9.84 Å². The minimum Gasteiger partial charge on any atom is -0.480 e. The van der Waals surface area contributed by atoms with Crippen molar-refractivity contribution in [3.63, 3.8) is 0 Å². The third-order valence-corrected chi connectivity index (χ3v) is 2.92. The van der Waals surface area contributed by atoms with E-state index in [0.29, 0.717) is 0 Å². The Morgan fingerprint density at radius 1 is 1.38 bits per heavy atom. The van der Waals surface area contributed by atoms with Gasteiger partial charge in [-0.3, -0.25) is 0 Å². The average Bonchev–Trinajstić information content (AvgIpc) is 2.26. The fourth-order valence-electron chi connectivity index (χ4n) is 1.08. The molecular weight excluding hydrogens is 234 g/mol. The number of hydrogen-bond acceptors (Lipinski definition) is 6. The van der Waals surface area contributed by atoms with Crippen LogP contribution in [0.3, 0.4) is 0 Å². The van der Waals surface area contributed by atoms with Crippen LogP contribution in [0.15, 0.2) is 17.2 Å². The zero-order valence-corrected chi connectivity index (χ0v) is 9.87. The number of ether oxygens (including phenoxy) is 2. The zero-order chi connectivity index (χ0) is 12.3. The molecule has 0 aliphatic heterocycles. The number of rotatable bonds is 3. The van der Waals surface area contributed by atoms with E-state index in [1.54, 1.807) is 0 Å². The van der Waals surface area contributed by atoms with Crippen LogP contribution in [0.25, 0.3) is 0 Å². The van der Waals surface area contributed by atoms with Gasteiger partial charge in [-0.15, -0.1) is 0 Å².